The van der Waals surface area contributed by atoms with Crippen LogP contribution in [0.3, 0.4) is 0 Å². The zero-order valence-corrected chi connectivity index (χ0v) is 14.4. The Labute approximate surface area is 146 Å². The molecular weight excluding hydrogens is 322 g/mol. The van der Waals surface area contributed by atoms with Crippen LogP contribution < -0.4 is 10.6 Å². The van der Waals surface area contributed by atoms with Gasteiger partial charge in [0.15, 0.2) is 0 Å². The van der Waals surface area contributed by atoms with E-state index in [1.807, 2.05) is 18.0 Å². The standard InChI is InChI=1S/C16H25N7O2/c1-12-13(9-23(20-12)6-7-24)8-21-4-5-22(11-14(25)10-21)16-18-3-2-15(17)19-16/h2-3,9,14,24-25H,4-8,10-11H2,1H3,(H2,17,18,19). The van der Waals surface area contributed by atoms with E-state index in [4.69, 9.17) is 10.8 Å². The first-order chi connectivity index (χ1) is 12.0. The van der Waals surface area contributed by atoms with Gasteiger partial charge in [0.2, 0.25) is 5.95 Å². The highest BCUT2D eigenvalue weighted by atomic mass is 16.3. The average molecular weight is 347 g/mol. The Hall–Kier alpha value is -2.23. The van der Waals surface area contributed by atoms with Crippen molar-refractivity contribution in [2.75, 3.05) is 43.4 Å². The van der Waals surface area contributed by atoms with E-state index in [-0.39, 0.29) is 6.61 Å². The summed E-state index contributed by atoms with van der Waals surface area (Å²) >= 11 is 0. The largest absolute Gasteiger partial charge is 0.394 e. The second kappa shape index (κ2) is 7.77. The Morgan fingerprint density at radius 3 is 2.92 bits per heavy atom. The molecule has 1 fully saturated rings. The van der Waals surface area contributed by atoms with Gasteiger partial charge in [0, 0.05) is 50.7 Å². The lowest BCUT2D eigenvalue weighted by Crippen LogP contribution is -2.34. The third-order valence-corrected chi connectivity index (χ3v) is 4.30. The van der Waals surface area contributed by atoms with Crippen LogP contribution in [-0.4, -0.2) is 73.8 Å². The van der Waals surface area contributed by atoms with Gasteiger partial charge in [0.25, 0.3) is 0 Å². The maximum absolute atomic E-state index is 10.4. The van der Waals surface area contributed by atoms with Crippen LogP contribution in [0.5, 0.6) is 0 Å². The van der Waals surface area contributed by atoms with Gasteiger partial charge < -0.3 is 20.8 Å². The van der Waals surface area contributed by atoms with Gasteiger partial charge in [-0.1, -0.05) is 0 Å². The summed E-state index contributed by atoms with van der Waals surface area (Å²) in [6, 6.07) is 1.65. The van der Waals surface area contributed by atoms with Crippen LogP contribution >= 0.6 is 0 Å². The van der Waals surface area contributed by atoms with Gasteiger partial charge in [-0.15, -0.1) is 0 Å². The summed E-state index contributed by atoms with van der Waals surface area (Å²) in [5.74, 6) is 0.973. The minimum absolute atomic E-state index is 0.0676. The van der Waals surface area contributed by atoms with Gasteiger partial charge in [-0.2, -0.15) is 10.1 Å². The molecule has 0 aromatic carbocycles. The van der Waals surface area contributed by atoms with Crippen molar-refractivity contribution in [2.24, 2.45) is 0 Å². The van der Waals surface area contributed by atoms with Gasteiger partial charge in [0.1, 0.15) is 5.82 Å². The lowest BCUT2D eigenvalue weighted by atomic mass is 10.2. The number of anilines is 2. The molecule has 1 unspecified atom stereocenters. The van der Waals surface area contributed by atoms with E-state index < -0.39 is 6.10 Å². The number of rotatable bonds is 5. The van der Waals surface area contributed by atoms with E-state index in [2.05, 4.69) is 20.0 Å². The zero-order valence-electron chi connectivity index (χ0n) is 14.4. The normalized spacial score (nSPS) is 19.2. The average Bonchev–Trinajstić information content (AvgIpc) is 2.79. The Balaban J connectivity index is 1.67. The fourth-order valence-electron chi connectivity index (χ4n) is 3.07. The van der Waals surface area contributed by atoms with E-state index in [9.17, 15) is 5.11 Å². The first-order valence-corrected chi connectivity index (χ1v) is 8.43. The number of β-amino-alcohol motifs (C(OH)–C–C–N with tert-alkyl or cyclic N) is 1. The quantitative estimate of drug-likeness (QED) is 0.646. The van der Waals surface area contributed by atoms with Crippen LogP contribution in [0.4, 0.5) is 11.8 Å². The summed E-state index contributed by atoms with van der Waals surface area (Å²) in [6.45, 7) is 5.77. The molecule has 3 heterocycles. The summed E-state index contributed by atoms with van der Waals surface area (Å²) in [5, 5.41) is 23.8. The summed E-state index contributed by atoms with van der Waals surface area (Å²) < 4.78 is 1.76. The summed E-state index contributed by atoms with van der Waals surface area (Å²) in [4.78, 5) is 12.7. The van der Waals surface area contributed by atoms with Crippen molar-refractivity contribution in [1.82, 2.24) is 24.6 Å². The lowest BCUT2D eigenvalue weighted by molar-refractivity contribution is 0.129. The molecule has 4 N–H and O–H groups in total. The van der Waals surface area contributed by atoms with E-state index in [1.54, 1.807) is 16.9 Å². The molecule has 0 saturated carbocycles. The maximum Gasteiger partial charge on any atom is 0.227 e. The van der Waals surface area contributed by atoms with Crippen LogP contribution in [0.15, 0.2) is 18.5 Å². The van der Waals surface area contributed by atoms with Crippen molar-refractivity contribution >= 4 is 11.8 Å². The molecule has 2 aromatic heterocycles. The third kappa shape index (κ3) is 4.44. The Morgan fingerprint density at radius 2 is 2.16 bits per heavy atom. The zero-order chi connectivity index (χ0) is 17.8. The molecule has 3 rings (SSSR count). The number of nitrogens with two attached hydrogens (primary N) is 1. The fourth-order valence-corrected chi connectivity index (χ4v) is 3.07. The van der Waals surface area contributed by atoms with Gasteiger partial charge in [-0.25, -0.2) is 4.98 Å². The number of aliphatic hydroxyl groups excluding tert-OH is 2. The maximum atomic E-state index is 10.4. The predicted octanol–water partition coefficient (Wildman–Crippen LogP) is -0.761. The summed E-state index contributed by atoms with van der Waals surface area (Å²) in [6.07, 6.45) is 3.09. The number of hydrogen-bond donors (Lipinski definition) is 3. The van der Waals surface area contributed by atoms with Crippen molar-refractivity contribution in [2.45, 2.75) is 26.1 Å². The van der Waals surface area contributed by atoms with Crippen molar-refractivity contribution in [3.63, 3.8) is 0 Å². The molecule has 0 bridgehead atoms. The first-order valence-electron chi connectivity index (χ1n) is 8.43. The molecule has 0 spiro atoms. The highest BCUT2D eigenvalue weighted by Gasteiger charge is 2.23. The van der Waals surface area contributed by atoms with Crippen molar-refractivity contribution < 1.29 is 10.2 Å². The van der Waals surface area contributed by atoms with Crippen LogP contribution in [0, 0.1) is 6.92 Å². The number of aromatic nitrogens is 4. The van der Waals surface area contributed by atoms with Crippen LogP contribution in [0.2, 0.25) is 0 Å². The molecule has 25 heavy (non-hydrogen) atoms. The van der Waals surface area contributed by atoms with E-state index in [0.717, 1.165) is 17.8 Å². The minimum Gasteiger partial charge on any atom is -0.394 e. The highest BCUT2D eigenvalue weighted by molar-refractivity contribution is 5.38. The Kier molecular flexibility index (Phi) is 5.47. The minimum atomic E-state index is -0.500. The van der Waals surface area contributed by atoms with E-state index >= 15 is 0 Å². The van der Waals surface area contributed by atoms with Crippen molar-refractivity contribution in [3.05, 3.63) is 29.7 Å². The molecule has 1 saturated heterocycles. The number of hydrogen-bond acceptors (Lipinski definition) is 8. The van der Waals surface area contributed by atoms with Crippen molar-refractivity contribution in [1.29, 1.82) is 0 Å². The molecule has 0 radical (unpaired) electrons. The second-order valence-electron chi connectivity index (χ2n) is 6.34. The smallest absolute Gasteiger partial charge is 0.227 e. The first kappa shape index (κ1) is 17.6. The molecule has 1 aliphatic rings. The van der Waals surface area contributed by atoms with Crippen LogP contribution in [-0.2, 0) is 13.1 Å². The summed E-state index contributed by atoms with van der Waals surface area (Å²) in [7, 11) is 0. The van der Waals surface area contributed by atoms with Crippen LogP contribution in [0.1, 0.15) is 11.3 Å². The highest BCUT2D eigenvalue weighted by Crippen LogP contribution is 2.15. The van der Waals surface area contributed by atoms with Gasteiger partial charge >= 0.3 is 0 Å². The number of nitrogens with zero attached hydrogens (tertiary/aromatic N) is 6. The number of aryl methyl sites for hydroxylation is 1. The number of aliphatic hydroxyl groups is 2. The molecule has 0 aliphatic carbocycles. The SMILES string of the molecule is Cc1nn(CCO)cc1CN1CCN(c2nccc(N)n2)CC(O)C1. The predicted molar refractivity (Wildman–Crippen MR) is 94.0 cm³/mol. The van der Waals surface area contributed by atoms with Gasteiger partial charge in [-0.3, -0.25) is 9.58 Å². The molecule has 1 aliphatic heterocycles. The van der Waals surface area contributed by atoms with Crippen LogP contribution in [0.25, 0.3) is 0 Å². The fraction of sp³-hybridized carbons (Fsp3) is 0.562. The van der Waals surface area contributed by atoms with E-state index in [0.29, 0.717) is 44.5 Å². The summed E-state index contributed by atoms with van der Waals surface area (Å²) in [5.41, 5.74) is 7.79. The molecule has 9 nitrogen and oxygen atoms in total. The topological polar surface area (TPSA) is 117 Å². The Morgan fingerprint density at radius 1 is 1.32 bits per heavy atom. The molecular formula is C16H25N7O2. The van der Waals surface area contributed by atoms with Gasteiger partial charge in [0.05, 0.1) is 24.9 Å². The molecule has 2 aromatic rings. The second-order valence-corrected chi connectivity index (χ2v) is 6.34. The van der Waals surface area contributed by atoms with E-state index in [1.165, 1.54) is 0 Å². The lowest BCUT2D eigenvalue weighted by Gasteiger charge is -2.21. The number of nitrogen functional groups attached to an aromatic ring is 1. The third-order valence-electron chi connectivity index (χ3n) is 4.30. The monoisotopic (exact) mass is 347 g/mol. The molecule has 0 amide bonds. The Bertz CT molecular complexity index is 706. The molecule has 136 valence electrons. The molecule has 9 heteroatoms. The van der Waals surface area contributed by atoms with Crippen molar-refractivity contribution in [3.8, 4) is 0 Å². The molecule has 1 atom stereocenters. The van der Waals surface area contributed by atoms with Gasteiger partial charge in [-0.05, 0) is 13.0 Å².